The monoisotopic (exact) mass is 425 g/mol. The maximum absolute atomic E-state index is 4.95. The molecule has 0 saturated carbocycles. The summed E-state index contributed by atoms with van der Waals surface area (Å²) in [6.45, 7) is 6.04. The van der Waals surface area contributed by atoms with Crippen LogP contribution in [0.4, 0.5) is 5.69 Å². The number of fused-ring (bicyclic) bond motifs is 2. The molecule has 1 aliphatic heterocycles. The van der Waals surface area contributed by atoms with Crippen LogP contribution in [-0.4, -0.2) is 73.2 Å². The molecule has 1 fully saturated rings. The SMILES string of the molecule is Cc1ccncc1-c1cc2c(-c3nc4c(N5CCN(C)CC5)cncc4[nH]3)n[nH]c2cn1. The number of aryl methyl sites for hydroxylation is 1. The van der Waals surface area contributed by atoms with Gasteiger partial charge in [-0.05, 0) is 31.7 Å². The Kier molecular flexibility index (Phi) is 4.36. The van der Waals surface area contributed by atoms with Gasteiger partial charge in [-0.1, -0.05) is 0 Å². The molecule has 0 spiro atoms. The third-order valence-corrected chi connectivity index (χ3v) is 6.21. The number of nitrogens with one attached hydrogen (secondary N) is 2. The van der Waals surface area contributed by atoms with Crippen molar-refractivity contribution in [3.8, 4) is 22.8 Å². The molecule has 0 aromatic carbocycles. The van der Waals surface area contributed by atoms with Gasteiger partial charge in [0.1, 0.15) is 11.2 Å². The van der Waals surface area contributed by atoms with Gasteiger partial charge in [0, 0.05) is 49.5 Å². The molecule has 0 bridgehead atoms. The number of imidazole rings is 1. The molecule has 2 N–H and O–H groups in total. The van der Waals surface area contributed by atoms with Gasteiger partial charge in [0.15, 0.2) is 5.82 Å². The summed E-state index contributed by atoms with van der Waals surface area (Å²) in [5, 5.41) is 8.61. The van der Waals surface area contributed by atoms with Gasteiger partial charge in [-0.25, -0.2) is 4.98 Å². The van der Waals surface area contributed by atoms with Crippen molar-refractivity contribution < 1.29 is 0 Å². The zero-order valence-corrected chi connectivity index (χ0v) is 18.0. The molecule has 1 aliphatic rings. The van der Waals surface area contributed by atoms with Gasteiger partial charge < -0.3 is 14.8 Å². The maximum atomic E-state index is 4.95. The molecule has 5 aromatic rings. The van der Waals surface area contributed by atoms with Crippen molar-refractivity contribution in [2.24, 2.45) is 0 Å². The average Bonchev–Trinajstić information content (AvgIpc) is 3.43. The molecule has 1 saturated heterocycles. The number of pyridine rings is 3. The summed E-state index contributed by atoms with van der Waals surface area (Å²) in [4.78, 5) is 26.4. The van der Waals surface area contributed by atoms with Crippen LogP contribution in [0, 0.1) is 6.92 Å². The predicted octanol–water partition coefficient (Wildman–Crippen LogP) is 3.02. The van der Waals surface area contributed by atoms with Crippen molar-refractivity contribution in [1.29, 1.82) is 0 Å². The van der Waals surface area contributed by atoms with Gasteiger partial charge in [-0.15, -0.1) is 0 Å². The van der Waals surface area contributed by atoms with E-state index in [2.05, 4.69) is 53.9 Å². The van der Waals surface area contributed by atoms with Gasteiger partial charge in [0.2, 0.25) is 0 Å². The molecule has 32 heavy (non-hydrogen) atoms. The van der Waals surface area contributed by atoms with Gasteiger partial charge in [0.25, 0.3) is 0 Å². The van der Waals surface area contributed by atoms with E-state index < -0.39 is 0 Å². The van der Waals surface area contributed by atoms with E-state index in [9.17, 15) is 0 Å². The first kappa shape index (κ1) is 18.9. The summed E-state index contributed by atoms with van der Waals surface area (Å²) in [5.41, 5.74) is 7.52. The van der Waals surface area contributed by atoms with Crippen molar-refractivity contribution in [3.05, 3.63) is 48.7 Å². The van der Waals surface area contributed by atoms with E-state index in [1.807, 2.05) is 36.9 Å². The first-order valence-corrected chi connectivity index (χ1v) is 10.7. The lowest BCUT2D eigenvalue weighted by molar-refractivity contribution is 0.313. The van der Waals surface area contributed by atoms with Crippen molar-refractivity contribution in [1.82, 2.24) is 40.0 Å². The summed E-state index contributed by atoms with van der Waals surface area (Å²) in [7, 11) is 2.15. The number of anilines is 1. The van der Waals surface area contributed by atoms with Crippen LogP contribution >= 0.6 is 0 Å². The molecule has 9 nitrogen and oxygen atoms in total. The lowest BCUT2D eigenvalue weighted by Gasteiger charge is -2.33. The normalized spacial score (nSPS) is 15.1. The number of H-pyrrole nitrogens is 2. The van der Waals surface area contributed by atoms with Gasteiger partial charge in [-0.2, -0.15) is 5.10 Å². The highest BCUT2D eigenvalue weighted by Crippen LogP contribution is 2.32. The third-order valence-electron chi connectivity index (χ3n) is 6.21. The first-order chi connectivity index (χ1) is 15.7. The lowest BCUT2D eigenvalue weighted by atomic mass is 10.1. The largest absolute Gasteiger partial charge is 0.366 e. The smallest absolute Gasteiger partial charge is 0.159 e. The quantitative estimate of drug-likeness (QED) is 0.458. The Balaban J connectivity index is 1.45. The minimum atomic E-state index is 0.717. The number of nitrogens with zero attached hydrogens (tertiary/aromatic N) is 7. The molecular weight excluding hydrogens is 402 g/mol. The predicted molar refractivity (Wildman–Crippen MR) is 124 cm³/mol. The van der Waals surface area contributed by atoms with Gasteiger partial charge in [-0.3, -0.25) is 20.1 Å². The van der Waals surface area contributed by atoms with Crippen molar-refractivity contribution in [3.63, 3.8) is 0 Å². The van der Waals surface area contributed by atoms with E-state index in [0.29, 0.717) is 0 Å². The second kappa shape index (κ2) is 7.38. The fourth-order valence-electron chi connectivity index (χ4n) is 4.29. The number of aromatic amines is 2. The summed E-state index contributed by atoms with van der Waals surface area (Å²) in [5.74, 6) is 0.717. The summed E-state index contributed by atoms with van der Waals surface area (Å²) >= 11 is 0. The van der Waals surface area contributed by atoms with E-state index in [1.54, 1.807) is 6.20 Å². The van der Waals surface area contributed by atoms with Crippen molar-refractivity contribution in [2.45, 2.75) is 6.92 Å². The molecule has 0 atom stereocenters. The third kappa shape index (κ3) is 3.09. The van der Waals surface area contributed by atoms with Crippen LogP contribution in [0.1, 0.15) is 5.56 Å². The highest BCUT2D eigenvalue weighted by molar-refractivity contribution is 5.96. The second-order valence-electron chi connectivity index (χ2n) is 8.31. The Hall–Kier alpha value is -3.85. The molecule has 6 rings (SSSR count). The first-order valence-electron chi connectivity index (χ1n) is 10.7. The van der Waals surface area contributed by atoms with Crippen LogP contribution < -0.4 is 4.90 Å². The van der Waals surface area contributed by atoms with E-state index in [1.165, 1.54) is 0 Å². The zero-order valence-electron chi connectivity index (χ0n) is 18.0. The van der Waals surface area contributed by atoms with E-state index in [4.69, 9.17) is 4.98 Å². The molecule has 0 aliphatic carbocycles. The van der Waals surface area contributed by atoms with Crippen molar-refractivity contribution >= 4 is 27.6 Å². The number of piperazine rings is 1. The Morgan fingerprint density at radius 3 is 2.69 bits per heavy atom. The molecule has 0 amide bonds. The van der Waals surface area contributed by atoms with Gasteiger partial charge in [0.05, 0.1) is 41.0 Å². The molecule has 6 heterocycles. The Bertz CT molecular complexity index is 1430. The average molecular weight is 426 g/mol. The van der Waals surface area contributed by atoms with E-state index in [-0.39, 0.29) is 0 Å². The number of hydrogen-bond acceptors (Lipinski definition) is 7. The Labute approximate surface area is 184 Å². The van der Waals surface area contributed by atoms with Crippen LogP contribution in [0.5, 0.6) is 0 Å². The summed E-state index contributed by atoms with van der Waals surface area (Å²) in [6, 6.07) is 4.04. The summed E-state index contributed by atoms with van der Waals surface area (Å²) in [6.07, 6.45) is 9.19. The number of likely N-dealkylation sites (N-methyl/N-ethyl adjacent to an activating group) is 1. The van der Waals surface area contributed by atoms with Crippen LogP contribution in [0.15, 0.2) is 43.1 Å². The molecular formula is C23H23N9. The Morgan fingerprint density at radius 1 is 0.969 bits per heavy atom. The molecule has 5 aromatic heterocycles. The van der Waals surface area contributed by atoms with Crippen LogP contribution in [-0.2, 0) is 0 Å². The minimum absolute atomic E-state index is 0.717. The zero-order chi connectivity index (χ0) is 21.7. The Morgan fingerprint density at radius 2 is 1.84 bits per heavy atom. The highest BCUT2D eigenvalue weighted by atomic mass is 15.3. The fraction of sp³-hybridized carbons (Fsp3) is 0.261. The topological polar surface area (TPSA) is 103 Å². The molecule has 160 valence electrons. The maximum Gasteiger partial charge on any atom is 0.159 e. The lowest BCUT2D eigenvalue weighted by Crippen LogP contribution is -2.44. The standard InChI is InChI=1S/C23H23N9/c1-14-3-4-24-10-16(14)17-9-15-18(12-26-17)29-30-21(15)23-27-19-11-25-13-20(22(19)28-23)32-7-5-31(2)6-8-32/h3-4,9-13H,5-8H2,1-2H3,(H,27,28)(H,29,30). The summed E-state index contributed by atoms with van der Waals surface area (Å²) < 4.78 is 0. The minimum Gasteiger partial charge on any atom is -0.366 e. The number of rotatable bonds is 3. The van der Waals surface area contributed by atoms with E-state index >= 15 is 0 Å². The van der Waals surface area contributed by atoms with Gasteiger partial charge >= 0.3 is 0 Å². The fourth-order valence-corrected chi connectivity index (χ4v) is 4.29. The van der Waals surface area contributed by atoms with Crippen LogP contribution in [0.3, 0.4) is 0 Å². The highest BCUT2D eigenvalue weighted by Gasteiger charge is 2.20. The molecule has 0 unspecified atom stereocenters. The van der Waals surface area contributed by atoms with Crippen LogP contribution in [0.2, 0.25) is 0 Å². The second-order valence-corrected chi connectivity index (χ2v) is 8.31. The molecule has 0 radical (unpaired) electrons. The number of hydrogen-bond donors (Lipinski definition) is 2. The number of aromatic nitrogens is 7. The van der Waals surface area contributed by atoms with E-state index in [0.717, 1.165) is 82.1 Å². The van der Waals surface area contributed by atoms with Crippen molar-refractivity contribution in [2.75, 3.05) is 38.1 Å². The molecule has 9 heteroatoms. The van der Waals surface area contributed by atoms with Crippen LogP contribution in [0.25, 0.3) is 44.7 Å².